The van der Waals surface area contributed by atoms with Crippen molar-refractivity contribution in [3.8, 4) is 5.69 Å². The van der Waals surface area contributed by atoms with E-state index in [2.05, 4.69) is 15.5 Å². The number of benzene rings is 1. The Balaban J connectivity index is 2.14. The highest BCUT2D eigenvalue weighted by molar-refractivity contribution is 5.81. The number of ether oxygens (including phenoxy) is 1. The van der Waals surface area contributed by atoms with Crippen LogP contribution >= 0.6 is 0 Å². The highest BCUT2D eigenvalue weighted by atomic mass is 19.4. The second-order valence-corrected chi connectivity index (χ2v) is 8.55. The number of nitrogens with two attached hydrogens (primary N) is 1. The molecule has 1 aromatic heterocycles. The van der Waals surface area contributed by atoms with Gasteiger partial charge in [0, 0.05) is 18.4 Å². The zero-order valence-electron chi connectivity index (χ0n) is 17.4. The lowest BCUT2D eigenvalue weighted by molar-refractivity contribution is -0.874. The van der Waals surface area contributed by atoms with E-state index >= 15 is 0 Å². The number of quaternary nitrogens is 1. The lowest BCUT2D eigenvalue weighted by Gasteiger charge is -2.37. The molecule has 2 heterocycles. The van der Waals surface area contributed by atoms with Crippen LogP contribution in [0.3, 0.4) is 0 Å². The van der Waals surface area contributed by atoms with E-state index < -0.39 is 39.9 Å². The standard InChI is InChI=1S/C19H23F3N6O3/c1-18(2,3)31-17(30)28(8-4-5-15(28)16(23)29)10-12-9-13(19(20,21)22)6-7-14(12)27-11-24-25-26-27/h6-7,9,11,15H,4-5,8,10H2,1-3H3,(H-,23,29)/p+1/t15-,28?/m0/s1. The minimum atomic E-state index is -4.60. The van der Waals surface area contributed by atoms with E-state index in [9.17, 15) is 22.8 Å². The quantitative estimate of drug-likeness (QED) is 0.730. The summed E-state index contributed by atoms with van der Waals surface area (Å²) < 4.78 is 46.5. The number of amides is 2. The van der Waals surface area contributed by atoms with Gasteiger partial charge in [0.1, 0.15) is 18.5 Å². The molecule has 1 aliphatic heterocycles. The molecule has 2 aromatic rings. The van der Waals surface area contributed by atoms with Gasteiger partial charge in [0.25, 0.3) is 5.91 Å². The predicted octanol–water partition coefficient (Wildman–Crippen LogP) is 2.58. The summed E-state index contributed by atoms with van der Waals surface area (Å²) in [5.74, 6) is -0.709. The predicted molar refractivity (Wildman–Crippen MR) is 101 cm³/mol. The van der Waals surface area contributed by atoms with Crippen LogP contribution in [0.25, 0.3) is 5.69 Å². The van der Waals surface area contributed by atoms with Gasteiger partial charge in [-0.05, 0) is 49.4 Å². The Morgan fingerprint density at radius 2 is 2.00 bits per heavy atom. The molecule has 0 spiro atoms. The fraction of sp³-hybridized carbons (Fsp3) is 0.526. The van der Waals surface area contributed by atoms with Gasteiger partial charge >= 0.3 is 12.3 Å². The van der Waals surface area contributed by atoms with Gasteiger partial charge < -0.3 is 10.5 Å². The first-order valence-corrected chi connectivity index (χ1v) is 9.66. The van der Waals surface area contributed by atoms with Crippen LogP contribution in [0.1, 0.15) is 44.7 Å². The van der Waals surface area contributed by atoms with E-state index in [0.717, 1.165) is 12.1 Å². The van der Waals surface area contributed by atoms with E-state index in [0.29, 0.717) is 12.8 Å². The van der Waals surface area contributed by atoms with Crippen molar-refractivity contribution in [3.05, 3.63) is 35.7 Å². The molecule has 0 radical (unpaired) electrons. The van der Waals surface area contributed by atoms with Crippen LogP contribution in [-0.2, 0) is 22.3 Å². The first-order valence-electron chi connectivity index (χ1n) is 9.66. The maximum Gasteiger partial charge on any atom is 0.517 e. The third-order valence-corrected chi connectivity index (χ3v) is 5.17. The smallest absolute Gasteiger partial charge is 0.414 e. The van der Waals surface area contributed by atoms with Gasteiger partial charge in [-0.25, -0.2) is 9.16 Å². The molecule has 2 amide bonds. The highest BCUT2D eigenvalue weighted by Crippen LogP contribution is 2.36. The molecule has 1 saturated heterocycles. The molecule has 168 valence electrons. The molecule has 1 aliphatic rings. The number of aromatic nitrogens is 4. The second-order valence-electron chi connectivity index (χ2n) is 8.55. The Bertz CT molecular complexity index is 971. The van der Waals surface area contributed by atoms with Gasteiger partial charge in [-0.2, -0.15) is 18.0 Å². The number of hydrogen-bond donors (Lipinski definition) is 1. The number of carbonyl (C=O) groups is 2. The van der Waals surface area contributed by atoms with E-state index in [-0.39, 0.29) is 24.3 Å². The molecular weight excluding hydrogens is 417 g/mol. The Morgan fingerprint density at radius 1 is 1.29 bits per heavy atom. The van der Waals surface area contributed by atoms with Crippen molar-refractivity contribution >= 4 is 12.0 Å². The van der Waals surface area contributed by atoms with Crippen molar-refractivity contribution in [2.45, 2.75) is 58.0 Å². The van der Waals surface area contributed by atoms with Gasteiger partial charge in [0.15, 0.2) is 6.04 Å². The molecule has 1 unspecified atom stereocenters. The number of halogens is 3. The molecule has 0 saturated carbocycles. The topological polar surface area (TPSA) is 113 Å². The number of nitrogens with zero attached hydrogens (tertiary/aromatic N) is 5. The average molecular weight is 441 g/mol. The molecule has 9 nitrogen and oxygen atoms in total. The first kappa shape index (κ1) is 22.7. The molecule has 31 heavy (non-hydrogen) atoms. The number of hydrogen-bond acceptors (Lipinski definition) is 6. The minimum Gasteiger partial charge on any atom is -0.414 e. The summed E-state index contributed by atoms with van der Waals surface area (Å²) >= 11 is 0. The summed E-state index contributed by atoms with van der Waals surface area (Å²) in [7, 11) is 0. The molecule has 2 atom stereocenters. The summed E-state index contributed by atoms with van der Waals surface area (Å²) in [5, 5.41) is 10.8. The maximum atomic E-state index is 13.4. The summed E-state index contributed by atoms with van der Waals surface area (Å²) in [6.07, 6.45) is -3.26. The van der Waals surface area contributed by atoms with Gasteiger partial charge in [-0.3, -0.25) is 4.79 Å². The highest BCUT2D eigenvalue weighted by Gasteiger charge is 2.54. The zero-order valence-corrected chi connectivity index (χ0v) is 17.4. The molecule has 1 fully saturated rings. The molecule has 1 aromatic carbocycles. The van der Waals surface area contributed by atoms with E-state index in [1.165, 1.54) is 17.1 Å². The van der Waals surface area contributed by atoms with Crippen molar-refractivity contribution in [2.75, 3.05) is 6.54 Å². The number of primary amides is 1. The van der Waals surface area contributed by atoms with Gasteiger partial charge in [-0.1, -0.05) is 0 Å². The van der Waals surface area contributed by atoms with Gasteiger partial charge in [-0.15, -0.1) is 5.10 Å². The third kappa shape index (κ3) is 4.68. The van der Waals surface area contributed by atoms with Crippen LogP contribution in [0, 0.1) is 0 Å². The van der Waals surface area contributed by atoms with Crippen LogP contribution in [-0.4, -0.2) is 54.9 Å². The fourth-order valence-corrected chi connectivity index (χ4v) is 3.87. The van der Waals surface area contributed by atoms with Crippen LogP contribution in [0.5, 0.6) is 0 Å². The monoisotopic (exact) mass is 441 g/mol. The fourth-order valence-electron chi connectivity index (χ4n) is 3.87. The Kier molecular flexibility index (Phi) is 5.78. The molecule has 3 rings (SSSR count). The van der Waals surface area contributed by atoms with Crippen LogP contribution in [0.4, 0.5) is 18.0 Å². The number of carbonyl (C=O) groups excluding carboxylic acids is 2. The van der Waals surface area contributed by atoms with Crippen LogP contribution < -0.4 is 5.73 Å². The molecule has 12 heteroatoms. The van der Waals surface area contributed by atoms with Gasteiger partial charge in [0.2, 0.25) is 0 Å². The largest absolute Gasteiger partial charge is 0.517 e. The Hall–Kier alpha value is -3.02. The number of alkyl halides is 3. The summed E-state index contributed by atoms with van der Waals surface area (Å²) in [6.45, 7) is 4.99. The summed E-state index contributed by atoms with van der Waals surface area (Å²) in [4.78, 5) is 25.5. The number of likely N-dealkylation sites (tertiary alicyclic amines) is 1. The summed E-state index contributed by atoms with van der Waals surface area (Å²) in [6, 6.07) is 2.16. The number of rotatable bonds is 4. The SMILES string of the molecule is CC(C)(C)OC(=O)[N+]1(Cc2cc(C(F)(F)F)ccc2-n2cnnn2)CCC[C@H]1C(N)=O. The van der Waals surface area contributed by atoms with Crippen LogP contribution in [0.15, 0.2) is 24.5 Å². The van der Waals surface area contributed by atoms with Gasteiger partial charge in [0.05, 0.1) is 17.8 Å². The van der Waals surface area contributed by atoms with Crippen molar-refractivity contribution in [3.63, 3.8) is 0 Å². The van der Waals surface area contributed by atoms with Crippen molar-refractivity contribution < 1.29 is 32.0 Å². The second kappa shape index (κ2) is 7.91. The minimum absolute atomic E-state index is 0.140. The Labute approximate surface area is 176 Å². The molecular formula is C19H24F3N6O3+. The summed E-state index contributed by atoms with van der Waals surface area (Å²) in [5.41, 5.74) is 4.23. The van der Waals surface area contributed by atoms with E-state index in [1.807, 2.05) is 0 Å². The normalized spacial score (nSPS) is 21.8. The van der Waals surface area contributed by atoms with E-state index in [4.69, 9.17) is 10.5 Å². The zero-order chi connectivity index (χ0) is 23.0. The Morgan fingerprint density at radius 3 is 2.55 bits per heavy atom. The average Bonchev–Trinajstić information content (AvgIpc) is 3.29. The van der Waals surface area contributed by atoms with Crippen LogP contribution in [0.2, 0.25) is 0 Å². The van der Waals surface area contributed by atoms with Crippen molar-refractivity contribution in [1.82, 2.24) is 20.2 Å². The maximum absolute atomic E-state index is 13.4. The lowest BCUT2D eigenvalue weighted by Crippen LogP contribution is -2.60. The first-order chi connectivity index (χ1) is 14.3. The molecule has 0 bridgehead atoms. The molecule has 0 aliphatic carbocycles. The number of tetrazole rings is 1. The van der Waals surface area contributed by atoms with E-state index in [1.54, 1.807) is 20.8 Å². The lowest BCUT2D eigenvalue weighted by atomic mass is 10.0. The third-order valence-electron chi connectivity index (χ3n) is 5.17. The van der Waals surface area contributed by atoms with Crippen molar-refractivity contribution in [1.29, 1.82) is 0 Å². The molecule has 2 N–H and O–H groups in total. The van der Waals surface area contributed by atoms with Crippen molar-refractivity contribution in [2.24, 2.45) is 5.73 Å².